The van der Waals surface area contributed by atoms with Crippen molar-refractivity contribution in [2.75, 3.05) is 6.54 Å². The number of phenolic OH excluding ortho intramolecular Hbond substituents is 1. The monoisotopic (exact) mass is 417 g/mol. The van der Waals surface area contributed by atoms with Gasteiger partial charge in [-0.15, -0.1) is 0 Å². The zero-order valence-electron chi connectivity index (χ0n) is 16.5. The number of benzene rings is 3. The second kappa shape index (κ2) is 8.44. The third-order valence-corrected chi connectivity index (χ3v) is 5.33. The Morgan fingerprint density at radius 1 is 0.935 bits per heavy atom. The molecule has 3 aromatic carbocycles. The summed E-state index contributed by atoms with van der Waals surface area (Å²) in [6.45, 7) is 0.245. The molecule has 0 bridgehead atoms. The van der Waals surface area contributed by atoms with Crippen LogP contribution in [-0.2, 0) is 16.0 Å². The number of hydrogen-bond acceptors (Lipinski definition) is 4. The van der Waals surface area contributed by atoms with Crippen LogP contribution in [0.5, 0.6) is 5.75 Å². The molecule has 1 fully saturated rings. The minimum absolute atomic E-state index is 0.0204. The fourth-order valence-electron chi connectivity index (χ4n) is 3.81. The number of aliphatic hydroxyl groups is 1. The number of carbonyl (C=O) groups excluding carboxylic acids is 2. The molecule has 31 heavy (non-hydrogen) atoms. The highest BCUT2D eigenvalue weighted by Crippen LogP contribution is 2.40. The van der Waals surface area contributed by atoms with E-state index >= 15 is 0 Å². The first-order chi connectivity index (χ1) is 15.0. The molecule has 5 nitrogen and oxygen atoms in total. The van der Waals surface area contributed by atoms with Gasteiger partial charge in [0.1, 0.15) is 17.3 Å². The number of aliphatic hydroxyl groups excluding tert-OH is 1. The lowest BCUT2D eigenvalue weighted by Crippen LogP contribution is -2.31. The van der Waals surface area contributed by atoms with Gasteiger partial charge in [-0.05, 0) is 53.9 Å². The van der Waals surface area contributed by atoms with Crippen LogP contribution in [0.4, 0.5) is 4.39 Å². The normalized spacial score (nSPS) is 17.8. The maximum absolute atomic E-state index is 13.3. The number of carbonyl (C=O) groups is 2. The quantitative estimate of drug-likeness (QED) is 0.371. The fourth-order valence-corrected chi connectivity index (χ4v) is 3.81. The molecule has 1 saturated heterocycles. The number of likely N-dealkylation sites (tertiary alicyclic amines) is 1. The Morgan fingerprint density at radius 2 is 1.65 bits per heavy atom. The third kappa shape index (κ3) is 4.05. The van der Waals surface area contributed by atoms with Gasteiger partial charge in [-0.25, -0.2) is 4.39 Å². The molecule has 156 valence electrons. The van der Waals surface area contributed by atoms with E-state index in [1.165, 1.54) is 41.3 Å². The van der Waals surface area contributed by atoms with Crippen molar-refractivity contribution in [3.63, 3.8) is 0 Å². The molecule has 0 aliphatic carbocycles. The zero-order valence-corrected chi connectivity index (χ0v) is 16.5. The van der Waals surface area contributed by atoms with Crippen molar-refractivity contribution in [1.82, 2.24) is 4.90 Å². The highest BCUT2D eigenvalue weighted by molar-refractivity contribution is 6.46. The second-order valence-electron chi connectivity index (χ2n) is 7.33. The van der Waals surface area contributed by atoms with Crippen LogP contribution in [0.3, 0.4) is 0 Å². The van der Waals surface area contributed by atoms with Crippen LogP contribution in [0, 0.1) is 5.82 Å². The SMILES string of the molecule is O=C1C(=O)N(CCc2ccccc2)C(c2cccc(O)c2)C1=C(O)c1ccc(F)cc1. The van der Waals surface area contributed by atoms with Crippen molar-refractivity contribution >= 4 is 17.4 Å². The highest BCUT2D eigenvalue weighted by atomic mass is 19.1. The van der Waals surface area contributed by atoms with Crippen molar-refractivity contribution in [1.29, 1.82) is 0 Å². The number of rotatable bonds is 5. The number of amides is 1. The molecule has 0 spiro atoms. The number of Topliss-reactive ketones (excluding diaryl/α,β-unsaturated/α-hetero) is 1. The lowest BCUT2D eigenvalue weighted by molar-refractivity contribution is -0.139. The van der Waals surface area contributed by atoms with Crippen molar-refractivity contribution < 1.29 is 24.2 Å². The van der Waals surface area contributed by atoms with Crippen LogP contribution in [-0.4, -0.2) is 33.3 Å². The summed E-state index contributed by atoms with van der Waals surface area (Å²) in [6.07, 6.45) is 0.514. The summed E-state index contributed by atoms with van der Waals surface area (Å²) < 4.78 is 13.3. The Balaban J connectivity index is 1.79. The van der Waals surface area contributed by atoms with Crippen LogP contribution in [0.25, 0.3) is 5.76 Å². The number of halogens is 1. The summed E-state index contributed by atoms with van der Waals surface area (Å²) in [5.74, 6) is -2.43. The average molecular weight is 417 g/mol. The molecule has 0 aromatic heterocycles. The molecule has 1 amide bonds. The Labute approximate surface area is 178 Å². The molecule has 2 N–H and O–H groups in total. The number of hydrogen-bond donors (Lipinski definition) is 2. The molecular formula is C25H20FNO4. The van der Waals surface area contributed by atoms with E-state index in [9.17, 15) is 24.2 Å². The van der Waals surface area contributed by atoms with Crippen molar-refractivity contribution in [2.24, 2.45) is 0 Å². The summed E-state index contributed by atoms with van der Waals surface area (Å²) in [5.41, 5.74) is 1.64. The molecule has 0 radical (unpaired) electrons. The van der Waals surface area contributed by atoms with Gasteiger partial charge in [0.05, 0.1) is 11.6 Å². The molecule has 1 atom stereocenters. The second-order valence-corrected chi connectivity index (χ2v) is 7.33. The summed E-state index contributed by atoms with van der Waals surface area (Å²) in [5, 5.41) is 20.9. The summed E-state index contributed by atoms with van der Waals surface area (Å²) in [4.78, 5) is 27.2. The van der Waals surface area contributed by atoms with Gasteiger partial charge < -0.3 is 15.1 Å². The highest BCUT2D eigenvalue weighted by Gasteiger charge is 2.45. The molecule has 4 rings (SSSR count). The number of aromatic hydroxyl groups is 1. The summed E-state index contributed by atoms with van der Waals surface area (Å²) in [7, 11) is 0. The number of nitrogens with zero attached hydrogens (tertiary/aromatic N) is 1. The molecule has 1 aliphatic heterocycles. The van der Waals surface area contributed by atoms with Crippen LogP contribution in [0.2, 0.25) is 0 Å². The van der Waals surface area contributed by atoms with E-state index in [4.69, 9.17) is 0 Å². The van der Waals surface area contributed by atoms with Crippen LogP contribution >= 0.6 is 0 Å². The first-order valence-corrected chi connectivity index (χ1v) is 9.83. The van der Waals surface area contributed by atoms with Crippen LogP contribution < -0.4 is 0 Å². The number of ketones is 1. The fraction of sp³-hybridized carbons (Fsp3) is 0.120. The molecule has 6 heteroatoms. The predicted octanol–water partition coefficient (Wildman–Crippen LogP) is 4.20. The lowest BCUT2D eigenvalue weighted by Gasteiger charge is -2.25. The van der Waals surface area contributed by atoms with E-state index in [0.29, 0.717) is 12.0 Å². The van der Waals surface area contributed by atoms with Crippen molar-refractivity contribution in [2.45, 2.75) is 12.5 Å². The molecule has 1 heterocycles. The molecule has 3 aromatic rings. The molecule has 0 saturated carbocycles. The minimum Gasteiger partial charge on any atom is -0.508 e. The van der Waals surface area contributed by atoms with E-state index in [0.717, 1.165) is 5.56 Å². The Hall–Kier alpha value is -3.93. The van der Waals surface area contributed by atoms with E-state index < -0.39 is 23.5 Å². The van der Waals surface area contributed by atoms with Crippen molar-refractivity contribution in [3.8, 4) is 5.75 Å². The lowest BCUT2D eigenvalue weighted by atomic mass is 9.95. The smallest absolute Gasteiger partial charge is 0.295 e. The van der Waals surface area contributed by atoms with Gasteiger partial charge in [-0.3, -0.25) is 9.59 Å². The largest absolute Gasteiger partial charge is 0.508 e. The van der Waals surface area contributed by atoms with Gasteiger partial charge in [0.15, 0.2) is 0 Å². The van der Waals surface area contributed by atoms with Gasteiger partial charge in [0.25, 0.3) is 11.7 Å². The van der Waals surface area contributed by atoms with Gasteiger partial charge in [0.2, 0.25) is 0 Å². The molecular weight excluding hydrogens is 397 g/mol. The molecule has 1 unspecified atom stereocenters. The van der Waals surface area contributed by atoms with Crippen LogP contribution in [0.15, 0.2) is 84.4 Å². The van der Waals surface area contributed by atoms with Gasteiger partial charge in [0, 0.05) is 12.1 Å². The topological polar surface area (TPSA) is 77.8 Å². The molecule has 1 aliphatic rings. The first-order valence-electron chi connectivity index (χ1n) is 9.83. The maximum atomic E-state index is 13.3. The Kier molecular flexibility index (Phi) is 5.54. The van der Waals surface area contributed by atoms with Gasteiger partial charge in [-0.1, -0.05) is 42.5 Å². The first kappa shape index (κ1) is 20.3. The average Bonchev–Trinajstić information content (AvgIpc) is 3.03. The zero-order chi connectivity index (χ0) is 22.0. The van der Waals surface area contributed by atoms with E-state index in [2.05, 4.69) is 0 Å². The maximum Gasteiger partial charge on any atom is 0.295 e. The van der Waals surface area contributed by atoms with E-state index in [-0.39, 0.29) is 29.2 Å². The Bertz CT molecular complexity index is 1160. The number of phenols is 1. The third-order valence-electron chi connectivity index (χ3n) is 5.33. The summed E-state index contributed by atoms with van der Waals surface area (Å²) >= 11 is 0. The van der Waals surface area contributed by atoms with E-state index in [1.807, 2.05) is 30.3 Å². The summed E-state index contributed by atoms with van der Waals surface area (Å²) in [6, 6.07) is 19.9. The standard InChI is InChI=1S/C25H20FNO4/c26-19-11-9-17(10-12-19)23(29)21-22(18-7-4-8-20(28)15-18)27(25(31)24(21)30)14-13-16-5-2-1-3-6-16/h1-12,15,22,28-29H,13-14H2. The minimum atomic E-state index is -0.874. The Morgan fingerprint density at radius 3 is 2.32 bits per heavy atom. The predicted molar refractivity (Wildman–Crippen MR) is 114 cm³/mol. The van der Waals surface area contributed by atoms with Gasteiger partial charge >= 0.3 is 0 Å². The van der Waals surface area contributed by atoms with Gasteiger partial charge in [-0.2, -0.15) is 0 Å². The van der Waals surface area contributed by atoms with Crippen molar-refractivity contribution in [3.05, 3.63) is 107 Å². The van der Waals surface area contributed by atoms with E-state index in [1.54, 1.807) is 12.1 Å². The van der Waals surface area contributed by atoms with Crippen LogP contribution in [0.1, 0.15) is 22.7 Å².